The lowest BCUT2D eigenvalue weighted by Gasteiger charge is -2.19. The zero-order valence-electron chi connectivity index (χ0n) is 14.5. The maximum Gasteiger partial charge on any atom is 0.231 e. The van der Waals surface area contributed by atoms with Crippen LogP contribution in [-0.2, 0) is 4.79 Å². The highest BCUT2D eigenvalue weighted by atomic mass is 16.5. The molecule has 0 aliphatic rings. The molecule has 2 rings (SSSR count). The fraction of sp³-hybridized carbons (Fsp3) is 0.350. The van der Waals surface area contributed by atoms with Crippen molar-refractivity contribution in [3.8, 4) is 5.75 Å². The van der Waals surface area contributed by atoms with Gasteiger partial charge >= 0.3 is 0 Å². The van der Waals surface area contributed by atoms with Crippen molar-refractivity contribution in [1.29, 1.82) is 0 Å². The van der Waals surface area contributed by atoms with Crippen molar-refractivity contribution in [2.75, 3.05) is 12.4 Å². The van der Waals surface area contributed by atoms with E-state index < -0.39 is 0 Å². The molecule has 2 aromatic rings. The van der Waals surface area contributed by atoms with Gasteiger partial charge in [-0.1, -0.05) is 44.2 Å². The second-order valence-electron chi connectivity index (χ2n) is 6.20. The van der Waals surface area contributed by atoms with Gasteiger partial charge in [0.25, 0.3) is 0 Å². The summed E-state index contributed by atoms with van der Waals surface area (Å²) in [7, 11) is 1.61. The first-order valence-corrected chi connectivity index (χ1v) is 7.98. The number of amides is 1. The quantitative estimate of drug-likeness (QED) is 0.855. The number of benzene rings is 2. The molecule has 1 N–H and O–H groups in total. The second kappa shape index (κ2) is 7.32. The van der Waals surface area contributed by atoms with Crippen molar-refractivity contribution in [3.63, 3.8) is 0 Å². The van der Waals surface area contributed by atoms with E-state index in [0.717, 1.165) is 11.1 Å². The zero-order chi connectivity index (χ0) is 17.0. The molecule has 0 radical (unpaired) electrons. The monoisotopic (exact) mass is 311 g/mol. The summed E-state index contributed by atoms with van der Waals surface area (Å²) in [6.07, 6.45) is 0. The van der Waals surface area contributed by atoms with Gasteiger partial charge < -0.3 is 10.1 Å². The summed E-state index contributed by atoms with van der Waals surface area (Å²) in [5, 5.41) is 2.99. The summed E-state index contributed by atoms with van der Waals surface area (Å²) in [6, 6.07) is 13.9. The Labute approximate surface area is 138 Å². The molecule has 122 valence electrons. The number of methoxy groups -OCH3 is 1. The molecular formula is C20H25NO2. The van der Waals surface area contributed by atoms with E-state index in [0.29, 0.717) is 17.4 Å². The summed E-state index contributed by atoms with van der Waals surface area (Å²) in [4.78, 5) is 12.7. The van der Waals surface area contributed by atoms with Gasteiger partial charge in [0, 0.05) is 0 Å². The molecule has 0 unspecified atom stereocenters. The van der Waals surface area contributed by atoms with Gasteiger partial charge in [-0.2, -0.15) is 0 Å². The van der Waals surface area contributed by atoms with E-state index in [4.69, 9.17) is 4.74 Å². The third-order valence-electron chi connectivity index (χ3n) is 4.09. The first-order valence-electron chi connectivity index (χ1n) is 7.98. The highest BCUT2D eigenvalue weighted by Crippen LogP contribution is 2.29. The summed E-state index contributed by atoms with van der Waals surface area (Å²) >= 11 is 0. The molecule has 2 aromatic carbocycles. The van der Waals surface area contributed by atoms with Gasteiger partial charge in [-0.3, -0.25) is 4.79 Å². The molecule has 0 bridgehead atoms. The van der Waals surface area contributed by atoms with E-state index in [1.54, 1.807) is 7.11 Å². The highest BCUT2D eigenvalue weighted by molar-refractivity contribution is 5.97. The highest BCUT2D eigenvalue weighted by Gasteiger charge is 2.20. The maximum atomic E-state index is 12.7. The van der Waals surface area contributed by atoms with Crippen molar-refractivity contribution in [1.82, 2.24) is 0 Å². The Morgan fingerprint density at radius 3 is 2.30 bits per heavy atom. The SMILES string of the molecule is COc1cc(C)ccc1NC(=O)[C@@H](C)c1ccccc1C(C)C. The van der Waals surface area contributed by atoms with Crippen LogP contribution >= 0.6 is 0 Å². The van der Waals surface area contributed by atoms with Crippen LogP contribution in [0.5, 0.6) is 5.75 Å². The van der Waals surface area contributed by atoms with Gasteiger partial charge in [0.1, 0.15) is 5.75 Å². The van der Waals surface area contributed by atoms with Crippen LogP contribution in [0.15, 0.2) is 42.5 Å². The molecule has 0 aliphatic carbocycles. The van der Waals surface area contributed by atoms with Crippen molar-refractivity contribution in [2.45, 2.75) is 39.5 Å². The van der Waals surface area contributed by atoms with E-state index in [1.807, 2.05) is 50.2 Å². The first-order chi connectivity index (χ1) is 10.9. The minimum atomic E-state index is -0.223. The molecule has 0 heterocycles. The Kier molecular flexibility index (Phi) is 5.43. The predicted molar refractivity (Wildman–Crippen MR) is 95.3 cm³/mol. The average molecular weight is 311 g/mol. The van der Waals surface area contributed by atoms with Gasteiger partial charge in [-0.05, 0) is 48.6 Å². The van der Waals surface area contributed by atoms with Gasteiger partial charge in [0.05, 0.1) is 18.7 Å². The summed E-state index contributed by atoms with van der Waals surface area (Å²) < 4.78 is 5.36. The Balaban J connectivity index is 2.25. The van der Waals surface area contributed by atoms with Gasteiger partial charge in [0.2, 0.25) is 5.91 Å². The Morgan fingerprint density at radius 2 is 1.70 bits per heavy atom. The molecule has 0 fully saturated rings. The van der Waals surface area contributed by atoms with E-state index in [1.165, 1.54) is 5.56 Å². The molecule has 0 aliphatic heterocycles. The molecule has 3 nitrogen and oxygen atoms in total. The summed E-state index contributed by atoms with van der Waals surface area (Å²) in [5.41, 5.74) is 4.09. The summed E-state index contributed by atoms with van der Waals surface area (Å²) in [6.45, 7) is 8.23. The molecule has 1 atom stereocenters. The van der Waals surface area contributed by atoms with Gasteiger partial charge in [-0.15, -0.1) is 0 Å². The smallest absolute Gasteiger partial charge is 0.231 e. The largest absolute Gasteiger partial charge is 0.495 e. The number of carbonyl (C=O) groups excluding carboxylic acids is 1. The Bertz CT molecular complexity index is 692. The predicted octanol–water partition coefficient (Wildman–Crippen LogP) is 4.87. The van der Waals surface area contributed by atoms with Gasteiger partial charge in [0.15, 0.2) is 0 Å². The number of ether oxygens (including phenoxy) is 1. The number of hydrogen-bond acceptors (Lipinski definition) is 2. The van der Waals surface area contributed by atoms with Crippen LogP contribution in [0, 0.1) is 6.92 Å². The number of rotatable bonds is 5. The molecule has 23 heavy (non-hydrogen) atoms. The maximum absolute atomic E-state index is 12.7. The van der Waals surface area contributed by atoms with Crippen LogP contribution in [0.3, 0.4) is 0 Å². The molecule has 1 amide bonds. The van der Waals surface area contributed by atoms with Crippen LogP contribution < -0.4 is 10.1 Å². The molecule has 0 spiro atoms. The van der Waals surface area contributed by atoms with Crippen molar-refractivity contribution >= 4 is 11.6 Å². The third kappa shape index (κ3) is 3.92. The Hall–Kier alpha value is -2.29. The molecule has 0 saturated heterocycles. The van der Waals surface area contributed by atoms with Crippen molar-refractivity contribution in [3.05, 3.63) is 59.2 Å². The number of hydrogen-bond donors (Lipinski definition) is 1. The molecular weight excluding hydrogens is 286 g/mol. The van der Waals surface area contributed by atoms with Crippen molar-refractivity contribution < 1.29 is 9.53 Å². The fourth-order valence-corrected chi connectivity index (χ4v) is 2.71. The van der Waals surface area contributed by atoms with Crippen LogP contribution in [0.25, 0.3) is 0 Å². The van der Waals surface area contributed by atoms with Crippen molar-refractivity contribution in [2.24, 2.45) is 0 Å². The van der Waals surface area contributed by atoms with Crippen LogP contribution in [0.2, 0.25) is 0 Å². The standard InChI is InChI=1S/C20H25NO2/c1-13(2)16-8-6-7-9-17(16)15(4)20(22)21-18-11-10-14(3)12-19(18)23-5/h6-13,15H,1-5H3,(H,21,22)/t15-/m0/s1. The number of anilines is 1. The molecule has 3 heteroatoms. The fourth-order valence-electron chi connectivity index (χ4n) is 2.71. The summed E-state index contributed by atoms with van der Waals surface area (Å²) in [5.74, 6) is 0.818. The topological polar surface area (TPSA) is 38.3 Å². The number of carbonyl (C=O) groups is 1. The van der Waals surface area contributed by atoms with E-state index >= 15 is 0 Å². The van der Waals surface area contributed by atoms with Crippen LogP contribution in [0.1, 0.15) is 49.3 Å². The lowest BCUT2D eigenvalue weighted by atomic mass is 9.89. The molecule has 0 saturated carbocycles. The molecule has 0 aromatic heterocycles. The third-order valence-corrected chi connectivity index (χ3v) is 4.09. The minimum absolute atomic E-state index is 0.0275. The van der Waals surface area contributed by atoms with E-state index in [-0.39, 0.29) is 11.8 Å². The van der Waals surface area contributed by atoms with E-state index in [9.17, 15) is 4.79 Å². The number of nitrogens with one attached hydrogen (secondary N) is 1. The second-order valence-corrected chi connectivity index (χ2v) is 6.20. The first kappa shape index (κ1) is 17.1. The van der Waals surface area contributed by atoms with E-state index in [2.05, 4.69) is 25.2 Å². The van der Waals surface area contributed by atoms with Crippen LogP contribution in [0.4, 0.5) is 5.69 Å². The zero-order valence-corrected chi connectivity index (χ0v) is 14.5. The Morgan fingerprint density at radius 1 is 1.04 bits per heavy atom. The number of aryl methyl sites for hydroxylation is 1. The lowest BCUT2D eigenvalue weighted by Crippen LogP contribution is -2.20. The van der Waals surface area contributed by atoms with Gasteiger partial charge in [-0.25, -0.2) is 0 Å². The average Bonchev–Trinajstić information content (AvgIpc) is 2.55. The normalized spacial score (nSPS) is 12.1. The lowest BCUT2D eigenvalue weighted by molar-refractivity contribution is -0.117. The minimum Gasteiger partial charge on any atom is -0.495 e. The van der Waals surface area contributed by atoms with Crippen LogP contribution in [-0.4, -0.2) is 13.0 Å².